The van der Waals surface area contributed by atoms with Crippen molar-refractivity contribution in [3.8, 4) is 0 Å². The van der Waals surface area contributed by atoms with Crippen molar-refractivity contribution < 1.29 is 19.5 Å². The summed E-state index contributed by atoms with van der Waals surface area (Å²) in [7, 11) is 0. The number of hydrogen-bond acceptors (Lipinski definition) is 4. The monoisotopic (exact) mass is 443 g/mol. The van der Waals surface area contributed by atoms with Crippen LogP contribution in [0.25, 0.3) is 0 Å². The van der Waals surface area contributed by atoms with Gasteiger partial charge in [0.25, 0.3) is 0 Å². The minimum Gasteiger partial charge on any atom is -0.481 e. The van der Waals surface area contributed by atoms with Crippen molar-refractivity contribution >= 4 is 17.8 Å². The Morgan fingerprint density at radius 3 is 2.59 bits per heavy atom. The number of nitrogens with one attached hydrogen (secondary N) is 2. The van der Waals surface area contributed by atoms with E-state index in [9.17, 15) is 19.5 Å². The van der Waals surface area contributed by atoms with E-state index in [-0.39, 0.29) is 24.2 Å². The molecule has 0 unspecified atom stereocenters. The molecule has 0 spiro atoms. The van der Waals surface area contributed by atoms with Gasteiger partial charge in [-0.25, -0.2) is 0 Å². The Kier molecular flexibility index (Phi) is 9.53. The number of carboxylic acid groups (broad SMARTS) is 1. The van der Waals surface area contributed by atoms with E-state index >= 15 is 0 Å². The van der Waals surface area contributed by atoms with Crippen LogP contribution >= 0.6 is 0 Å². The standard InChI is InChI=1S/C25H37N3O4/c29-23(11-9-20-12-14-26-15-13-20)28-16-4-7-21(18-28)25(32)27-22(17-24(30)31)10-8-19-5-2-1-3-6-19/h1-3,5-6,20-22,26H,4,7-18H2,(H,27,32)(H,30,31)/t21-,22-/m1/s1. The molecule has 0 aromatic heterocycles. The molecular weight excluding hydrogens is 406 g/mol. The number of hydrogen-bond donors (Lipinski definition) is 3. The van der Waals surface area contributed by atoms with E-state index < -0.39 is 12.0 Å². The predicted molar refractivity (Wildman–Crippen MR) is 123 cm³/mol. The van der Waals surface area contributed by atoms with Crippen LogP contribution in [0.4, 0.5) is 0 Å². The maximum Gasteiger partial charge on any atom is 0.305 e. The third kappa shape index (κ3) is 7.93. The van der Waals surface area contributed by atoms with Gasteiger partial charge in [-0.3, -0.25) is 14.4 Å². The number of nitrogens with zero attached hydrogens (tertiary/aromatic N) is 1. The number of carboxylic acids is 1. The van der Waals surface area contributed by atoms with Gasteiger partial charge in [-0.15, -0.1) is 0 Å². The number of carbonyl (C=O) groups excluding carboxylic acids is 2. The Hall–Kier alpha value is -2.41. The average Bonchev–Trinajstić information content (AvgIpc) is 2.82. The minimum absolute atomic E-state index is 0.0931. The second-order valence-electron chi connectivity index (χ2n) is 9.24. The summed E-state index contributed by atoms with van der Waals surface area (Å²) in [5, 5.41) is 15.6. The van der Waals surface area contributed by atoms with E-state index in [1.54, 1.807) is 0 Å². The highest BCUT2D eigenvalue weighted by molar-refractivity contribution is 5.82. The predicted octanol–water partition coefficient (Wildman–Crippen LogP) is 2.60. The Labute approximate surface area is 190 Å². The number of rotatable bonds is 10. The Bertz CT molecular complexity index is 749. The second kappa shape index (κ2) is 12.6. The summed E-state index contributed by atoms with van der Waals surface area (Å²) in [5.74, 6) is -0.542. The van der Waals surface area contributed by atoms with Gasteiger partial charge in [-0.05, 0) is 69.5 Å². The van der Waals surface area contributed by atoms with Crippen molar-refractivity contribution in [2.24, 2.45) is 11.8 Å². The first-order valence-corrected chi connectivity index (χ1v) is 12.1. The second-order valence-corrected chi connectivity index (χ2v) is 9.24. The van der Waals surface area contributed by atoms with Crippen molar-refractivity contribution in [3.63, 3.8) is 0 Å². The molecule has 3 rings (SSSR count). The molecule has 176 valence electrons. The van der Waals surface area contributed by atoms with Crippen LogP contribution in [0.2, 0.25) is 0 Å². The fourth-order valence-corrected chi connectivity index (χ4v) is 4.81. The molecule has 2 heterocycles. The summed E-state index contributed by atoms with van der Waals surface area (Å²) in [5.41, 5.74) is 1.13. The molecule has 7 heteroatoms. The van der Waals surface area contributed by atoms with Gasteiger partial charge in [0.2, 0.25) is 11.8 Å². The lowest BCUT2D eigenvalue weighted by Gasteiger charge is -2.33. The molecule has 0 radical (unpaired) electrons. The number of piperidine rings is 2. The van der Waals surface area contributed by atoms with E-state index in [4.69, 9.17) is 0 Å². The molecule has 1 aromatic rings. The molecular formula is C25H37N3O4. The highest BCUT2D eigenvalue weighted by Gasteiger charge is 2.30. The smallest absolute Gasteiger partial charge is 0.305 e. The first-order valence-electron chi connectivity index (χ1n) is 12.1. The fourth-order valence-electron chi connectivity index (χ4n) is 4.81. The van der Waals surface area contributed by atoms with Crippen LogP contribution in [-0.4, -0.2) is 60.0 Å². The molecule has 32 heavy (non-hydrogen) atoms. The zero-order chi connectivity index (χ0) is 22.8. The van der Waals surface area contributed by atoms with E-state index in [0.717, 1.165) is 50.8 Å². The van der Waals surface area contributed by atoms with E-state index in [1.165, 1.54) is 0 Å². The zero-order valence-corrected chi connectivity index (χ0v) is 18.9. The fraction of sp³-hybridized carbons (Fsp3) is 0.640. The Morgan fingerprint density at radius 2 is 1.88 bits per heavy atom. The van der Waals surface area contributed by atoms with E-state index in [2.05, 4.69) is 10.6 Å². The van der Waals surface area contributed by atoms with Crippen LogP contribution in [0.1, 0.15) is 56.9 Å². The molecule has 3 N–H and O–H groups in total. The number of benzene rings is 1. The lowest BCUT2D eigenvalue weighted by Crippen LogP contribution is -2.48. The van der Waals surface area contributed by atoms with E-state index in [1.807, 2.05) is 35.2 Å². The SMILES string of the molecule is O=C(O)C[C@@H](CCc1ccccc1)NC(=O)[C@@H]1CCCN(C(=O)CCC2CCNCC2)C1. The molecule has 2 saturated heterocycles. The van der Waals surface area contributed by atoms with Crippen molar-refractivity contribution in [1.29, 1.82) is 0 Å². The molecule has 2 aliphatic rings. The maximum atomic E-state index is 12.9. The number of likely N-dealkylation sites (tertiary alicyclic amines) is 1. The van der Waals surface area contributed by atoms with Gasteiger partial charge in [0.05, 0.1) is 12.3 Å². The largest absolute Gasteiger partial charge is 0.481 e. The number of carbonyl (C=O) groups is 3. The highest BCUT2D eigenvalue weighted by atomic mass is 16.4. The highest BCUT2D eigenvalue weighted by Crippen LogP contribution is 2.22. The summed E-state index contributed by atoms with van der Waals surface area (Å²) in [6.07, 6.45) is 6.49. The van der Waals surface area contributed by atoms with Crippen LogP contribution in [0.5, 0.6) is 0 Å². The lowest BCUT2D eigenvalue weighted by molar-refractivity contribution is -0.138. The van der Waals surface area contributed by atoms with Gasteiger partial charge in [-0.2, -0.15) is 0 Å². The molecule has 1 aromatic carbocycles. The third-order valence-corrected chi connectivity index (χ3v) is 6.76. The number of aliphatic carboxylic acids is 1. The molecule has 0 aliphatic carbocycles. The van der Waals surface area contributed by atoms with Crippen molar-refractivity contribution in [1.82, 2.24) is 15.5 Å². The first kappa shape index (κ1) is 24.2. The summed E-state index contributed by atoms with van der Waals surface area (Å²) in [6.45, 7) is 3.22. The van der Waals surface area contributed by atoms with Crippen molar-refractivity contribution in [3.05, 3.63) is 35.9 Å². The van der Waals surface area contributed by atoms with E-state index in [0.29, 0.717) is 38.3 Å². The molecule has 0 bridgehead atoms. The third-order valence-electron chi connectivity index (χ3n) is 6.76. The molecule has 2 amide bonds. The quantitative estimate of drug-likeness (QED) is 0.516. The number of aryl methyl sites for hydroxylation is 1. The summed E-state index contributed by atoms with van der Waals surface area (Å²) in [6, 6.07) is 9.47. The zero-order valence-electron chi connectivity index (χ0n) is 18.9. The number of amides is 2. The molecule has 7 nitrogen and oxygen atoms in total. The van der Waals surface area contributed by atoms with Gasteiger partial charge in [0.1, 0.15) is 0 Å². The average molecular weight is 444 g/mol. The van der Waals surface area contributed by atoms with Crippen LogP contribution in [0, 0.1) is 11.8 Å². The van der Waals surface area contributed by atoms with Crippen molar-refractivity contribution in [2.45, 2.75) is 63.8 Å². The molecule has 0 saturated carbocycles. The van der Waals surface area contributed by atoms with Crippen LogP contribution < -0.4 is 10.6 Å². The molecule has 2 aliphatic heterocycles. The lowest BCUT2D eigenvalue weighted by atomic mass is 9.92. The minimum atomic E-state index is -0.915. The molecule has 2 fully saturated rings. The normalized spacial score (nSPS) is 20.5. The topological polar surface area (TPSA) is 98.7 Å². The maximum absolute atomic E-state index is 12.9. The molecule has 2 atom stereocenters. The van der Waals surface area contributed by atoms with Gasteiger partial charge in [-0.1, -0.05) is 30.3 Å². The first-order chi connectivity index (χ1) is 15.5. The van der Waals surface area contributed by atoms with Gasteiger partial charge in [0, 0.05) is 25.6 Å². The van der Waals surface area contributed by atoms with Crippen LogP contribution in [0.15, 0.2) is 30.3 Å². The summed E-state index contributed by atoms with van der Waals surface area (Å²) in [4.78, 5) is 38.8. The van der Waals surface area contributed by atoms with Gasteiger partial charge in [0.15, 0.2) is 0 Å². The van der Waals surface area contributed by atoms with Crippen LogP contribution in [-0.2, 0) is 20.8 Å². The van der Waals surface area contributed by atoms with Crippen molar-refractivity contribution in [2.75, 3.05) is 26.2 Å². The van der Waals surface area contributed by atoms with Gasteiger partial charge >= 0.3 is 5.97 Å². The van der Waals surface area contributed by atoms with Crippen LogP contribution in [0.3, 0.4) is 0 Å². The van der Waals surface area contributed by atoms with Gasteiger partial charge < -0.3 is 20.6 Å². The Morgan fingerprint density at radius 1 is 1.12 bits per heavy atom. The Balaban J connectivity index is 1.48. The summed E-state index contributed by atoms with van der Waals surface area (Å²) >= 11 is 0. The summed E-state index contributed by atoms with van der Waals surface area (Å²) < 4.78 is 0.